The predicted molar refractivity (Wildman–Crippen MR) is 171 cm³/mol. The van der Waals surface area contributed by atoms with Crippen molar-refractivity contribution in [1.82, 2.24) is 10.6 Å². The van der Waals surface area contributed by atoms with Crippen molar-refractivity contribution < 1.29 is 28.7 Å². The first kappa shape index (κ1) is 33.4. The fraction of sp³-hybridized carbons (Fsp3) is 0.333. The standard InChI is InChI=1S/C33H41N5O6/c1-32(2,3)43-30(41)34-21-20-25(37-29(40)35-24-12-8-7-9-13-24)22-16-18-23(19-17-22)28(39)36-26-14-10-11-15-27(26)38-31(42)44-33(4,5)6/h7-19,25H,20-21H2,1-6H3,(H,34,41)(H,36,39)(H,38,42)(H2,35,37,40). The molecule has 3 aromatic rings. The molecule has 1 unspecified atom stereocenters. The zero-order valence-corrected chi connectivity index (χ0v) is 25.9. The number of urea groups is 1. The Morgan fingerprint density at radius 1 is 0.659 bits per heavy atom. The third-order valence-electron chi connectivity index (χ3n) is 5.82. The van der Waals surface area contributed by atoms with E-state index in [0.717, 1.165) is 5.56 Å². The quantitative estimate of drug-likeness (QED) is 0.177. The average Bonchev–Trinajstić information content (AvgIpc) is 2.92. The summed E-state index contributed by atoms with van der Waals surface area (Å²) in [6.07, 6.45) is -0.838. The van der Waals surface area contributed by atoms with Gasteiger partial charge in [0.25, 0.3) is 5.91 Å². The second kappa shape index (κ2) is 14.9. The van der Waals surface area contributed by atoms with Crippen molar-refractivity contribution in [2.45, 2.75) is 65.2 Å². The topological polar surface area (TPSA) is 147 Å². The molecule has 3 aromatic carbocycles. The molecule has 0 aromatic heterocycles. The van der Waals surface area contributed by atoms with Gasteiger partial charge in [-0.25, -0.2) is 14.4 Å². The van der Waals surface area contributed by atoms with Gasteiger partial charge in [-0.2, -0.15) is 0 Å². The molecule has 234 valence electrons. The number of rotatable bonds is 9. The Morgan fingerprint density at radius 2 is 1.20 bits per heavy atom. The summed E-state index contributed by atoms with van der Waals surface area (Å²) in [6, 6.07) is 21.6. The number of carbonyl (C=O) groups excluding carboxylic acids is 4. The van der Waals surface area contributed by atoms with Gasteiger partial charge < -0.3 is 30.7 Å². The van der Waals surface area contributed by atoms with Crippen LogP contribution in [0, 0.1) is 0 Å². The zero-order chi connectivity index (χ0) is 32.3. The fourth-order valence-electron chi connectivity index (χ4n) is 3.98. The molecule has 0 saturated heterocycles. The highest BCUT2D eigenvalue weighted by atomic mass is 16.6. The smallest absolute Gasteiger partial charge is 0.412 e. The number of hydrogen-bond acceptors (Lipinski definition) is 6. The van der Waals surface area contributed by atoms with E-state index in [9.17, 15) is 19.2 Å². The lowest BCUT2D eigenvalue weighted by Gasteiger charge is -2.22. The first-order valence-corrected chi connectivity index (χ1v) is 14.3. The molecule has 44 heavy (non-hydrogen) atoms. The number of para-hydroxylation sites is 3. The maximum Gasteiger partial charge on any atom is 0.412 e. The van der Waals surface area contributed by atoms with Crippen LogP contribution in [0.25, 0.3) is 0 Å². The lowest BCUT2D eigenvalue weighted by atomic mass is 10.0. The van der Waals surface area contributed by atoms with Crippen molar-refractivity contribution in [2.75, 3.05) is 22.5 Å². The summed E-state index contributed by atoms with van der Waals surface area (Å²) in [7, 11) is 0. The van der Waals surface area contributed by atoms with Crippen LogP contribution in [0.5, 0.6) is 0 Å². The van der Waals surface area contributed by atoms with Gasteiger partial charge in [-0.3, -0.25) is 10.1 Å². The number of nitrogens with one attached hydrogen (secondary N) is 5. The molecule has 0 bridgehead atoms. The summed E-state index contributed by atoms with van der Waals surface area (Å²) in [5.41, 5.74) is 1.19. The number of benzene rings is 3. The Balaban J connectivity index is 1.70. The molecule has 0 aliphatic heterocycles. The van der Waals surface area contributed by atoms with Crippen molar-refractivity contribution in [3.05, 3.63) is 90.0 Å². The molecule has 11 nitrogen and oxygen atoms in total. The van der Waals surface area contributed by atoms with E-state index in [1.54, 1.807) is 102 Å². The summed E-state index contributed by atoms with van der Waals surface area (Å²) >= 11 is 0. The lowest BCUT2D eigenvalue weighted by molar-refractivity contribution is 0.0525. The van der Waals surface area contributed by atoms with E-state index in [-0.39, 0.29) is 6.54 Å². The zero-order valence-electron chi connectivity index (χ0n) is 25.9. The minimum absolute atomic E-state index is 0.231. The Morgan fingerprint density at radius 3 is 1.80 bits per heavy atom. The SMILES string of the molecule is CC(C)(C)OC(=O)NCCC(NC(=O)Nc1ccccc1)c1ccc(C(=O)Nc2ccccc2NC(=O)OC(C)(C)C)cc1. The van der Waals surface area contributed by atoms with E-state index >= 15 is 0 Å². The highest BCUT2D eigenvalue weighted by molar-refractivity contribution is 6.07. The maximum atomic E-state index is 13.1. The first-order chi connectivity index (χ1) is 20.7. The number of carbonyl (C=O) groups is 4. The molecule has 0 spiro atoms. The second-order valence-electron chi connectivity index (χ2n) is 12.0. The summed E-state index contributed by atoms with van der Waals surface area (Å²) in [5.74, 6) is -0.395. The van der Waals surface area contributed by atoms with Gasteiger partial charge in [-0.15, -0.1) is 0 Å². The van der Waals surface area contributed by atoms with Crippen LogP contribution in [0.15, 0.2) is 78.9 Å². The highest BCUT2D eigenvalue weighted by Gasteiger charge is 2.20. The van der Waals surface area contributed by atoms with Gasteiger partial charge in [0.15, 0.2) is 0 Å². The molecule has 0 radical (unpaired) electrons. The molecule has 0 aliphatic rings. The number of amides is 5. The predicted octanol–water partition coefficient (Wildman–Crippen LogP) is 7.06. The second-order valence-corrected chi connectivity index (χ2v) is 12.0. The van der Waals surface area contributed by atoms with Gasteiger partial charge in [0.2, 0.25) is 0 Å². The summed E-state index contributed by atoms with van der Waals surface area (Å²) in [5, 5.41) is 13.9. The Kier molecular flexibility index (Phi) is 11.3. The molecular weight excluding hydrogens is 562 g/mol. The summed E-state index contributed by atoms with van der Waals surface area (Å²) in [6.45, 7) is 10.8. The van der Waals surface area contributed by atoms with Crippen LogP contribution >= 0.6 is 0 Å². The fourth-order valence-corrected chi connectivity index (χ4v) is 3.98. The molecule has 11 heteroatoms. The summed E-state index contributed by atoms with van der Waals surface area (Å²) < 4.78 is 10.6. The van der Waals surface area contributed by atoms with Crippen LogP contribution in [0.1, 0.15) is 69.9 Å². The van der Waals surface area contributed by atoms with E-state index in [0.29, 0.717) is 29.0 Å². The van der Waals surface area contributed by atoms with Crippen LogP contribution in [-0.4, -0.2) is 41.9 Å². The van der Waals surface area contributed by atoms with Crippen molar-refractivity contribution in [3.8, 4) is 0 Å². The largest absolute Gasteiger partial charge is 0.444 e. The van der Waals surface area contributed by atoms with E-state index in [1.807, 2.05) is 18.2 Å². The van der Waals surface area contributed by atoms with E-state index in [1.165, 1.54) is 0 Å². The van der Waals surface area contributed by atoms with Gasteiger partial charge in [0, 0.05) is 17.8 Å². The molecule has 0 fully saturated rings. The lowest BCUT2D eigenvalue weighted by Crippen LogP contribution is -2.37. The first-order valence-electron chi connectivity index (χ1n) is 14.3. The van der Waals surface area contributed by atoms with E-state index < -0.39 is 41.4 Å². The average molecular weight is 604 g/mol. The third-order valence-corrected chi connectivity index (χ3v) is 5.82. The molecule has 0 aliphatic carbocycles. The van der Waals surface area contributed by atoms with Crippen LogP contribution in [-0.2, 0) is 9.47 Å². The maximum absolute atomic E-state index is 13.1. The minimum Gasteiger partial charge on any atom is -0.444 e. The van der Waals surface area contributed by atoms with E-state index in [2.05, 4.69) is 26.6 Å². The van der Waals surface area contributed by atoms with Crippen molar-refractivity contribution in [3.63, 3.8) is 0 Å². The number of hydrogen-bond donors (Lipinski definition) is 5. The van der Waals surface area contributed by atoms with Gasteiger partial charge in [0.1, 0.15) is 11.2 Å². The van der Waals surface area contributed by atoms with Crippen molar-refractivity contribution in [2.24, 2.45) is 0 Å². The number of ether oxygens (including phenoxy) is 2. The van der Waals surface area contributed by atoms with Gasteiger partial charge >= 0.3 is 18.2 Å². The molecule has 1 atom stereocenters. The molecule has 3 rings (SSSR count). The number of anilines is 3. The monoisotopic (exact) mass is 603 g/mol. The Labute approximate surface area is 258 Å². The molecular formula is C33H41N5O6. The molecule has 5 N–H and O–H groups in total. The number of alkyl carbamates (subject to hydrolysis) is 1. The van der Waals surface area contributed by atoms with Crippen LogP contribution in [0.4, 0.5) is 31.4 Å². The highest BCUT2D eigenvalue weighted by Crippen LogP contribution is 2.24. The third kappa shape index (κ3) is 11.7. The van der Waals surface area contributed by atoms with Gasteiger partial charge in [-0.1, -0.05) is 42.5 Å². The van der Waals surface area contributed by atoms with Crippen molar-refractivity contribution >= 4 is 41.2 Å². The van der Waals surface area contributed by atoms with Gasteiger partial charge in [0.05, 0.1) is 17.4 Å². The Hall–Kier alpha value is -5.06. The van der Waals surface area contributed by atoms with Gasteiger partial charge in [-0.05, 0) is 89.9 Å². The van der Waals surface area contributed by atoms with Crippen LogP contribution < -0.4 is 26.6 Å². The molecule has 0 heterocycles. The van der Waals surface area contributed by atoms with Crippen LogP contribution in [0.3, 0.4) is 0 Å². The Bertz CT molecular complexity index is 1430. The molecule has 5 amide bonds. The minimum atomic E-state index is -0.676. The summed E-state index contributed by atoms with van der Waals surface area (Å²) in [4.78, 5) is 50.3. The molecule has 0 saturated carbocycles. The van der Waals surface area contributed by atoms with Crippen LogP contribution in [0.2, 0.25) is 0 Å². The van der Waals surface area contributed by atoms with Crippen molar-refractivity contribution in [1.29, 1.82) is 0 Å². The normalized spacial score (nSPS) is 11.9. The van der Waals surface area contributed by atoms with E-state index in [4.69, 9.17) is 9.47 Å².